The van der Waals surface area contributed by atoms with Crippen LogP contribution in [0.2, 0.25) is 0 Å². The lowest BCUT2D eigenvalue weighted by Gasteiger charge is -2.50. The number of fused-ring (bicyclic) bond motifs is 2. The zero-order valence-electron chi connectivity index (χ0n) is 18.6. The molecule has 30 heavy (non-hydrogen) atoms. The van der Waals surface area contributed by atoms with Crippen molar-refractivity contribution in [1.29, 1.82) is 0 Å². The zero-order chi connectivity index (χ0) is 20.9. The van der Waals surface area contributed by atoms with E-state index in [4.69, 9.17) is 4.74 Å². The van der Waals surface area contributed by atoms with Gasteiger partial charge in [-0.1, -0.05) is 31.2 Å². The van der Waals surface area contributed by atoms with Crippen molar-refractivity contribution in [1.82, 2.24) is 4.90 Å². The number of carbonyl (C=O) groups excluding carboxylic acids is 1. The van der Waals surface area contributed by atoms with Crippen LogP contribution in [0.3, 0.4) is 0 Å². The van der Waals surface area contributed by atoms with Crippen molar-refractivity contribution in [3.8, 4) is 0 Å². The van der Waals surface area contributed by atoms with Gasteiger partial charge >= 0.3 is 5.97 Å². The number of hydrogen-bond acceptors (Lipinski definition) is 4. The molecule has 0 unspecified atom stereocenters. The monoisotopic (exact) mass is 408 g/mol. The number of piperazine rings is 1. The van der Waals surface area contributed by atoms with E-state index in [1.807, 2.05) is 0 Å². The fourth-order valence-corrected chi connectivity index (χ4v) is 6.76. The summed E-state index contributed by atoms with van der Waals surface area (Å²) < 4.78 is 5.97. The first-order valence-corrected chi connectivity index (χ1v) is 11.8. The quantitative estimate of drug-likeness (QED) is 0.547. The van der Waals surface area contributed by atoms with Gasteiger partial charge in [0.25, 0.3) is 0 Å². The van der Waals surface area contributed by atoms with E-state index in [0.717, 1.165) is 52.0 Å². The fourth-order valence-electron chi connectivity index (χ4n) is 6.76. The lowest BCUT2D eigenvalue weighted by molar-refractivity contribution is -0.146. The molecule has 162 valence electrons. The van der Waals surface area contributed by atoms with Gasteiger partial charge in [0.05, 0.1) is 5.92 Å². The lowest BCUT2D eigenvalue weighted by atomic mass is 9.55. The van der Waals surface area contributed by atoms with E-state index in [1.165, 1.54) is 29.7 Å². The Bertz CT molecular complexity index is 828. The highest BCUT2D eigenvalue weighted by Gasteiger charge is 2.55. The van der Waals surface area contributed by atoms with Crippen molar-refractivity contribution in [3.05, 3.63) is 42.0 Å². The predicted octanol–water partition coefficient (Wildman–Crippen LogP) is 4.43. The summed E-state index contributed by atoms with van der Waals surface area (Å²) in [6.45, 7) is 13.9. The van der Waals surface area contributed by atoms with E-state index in [0.29, 0.717) is 11.8 Å². The van der Waals surface area contributed by atoms with E-state index in [9.17, 15) is 4.79 Å². The number of aryl methyl sites for hydroxylation is 1. The average molecular weight is 409 g/mol. The Morgan fingerprint density at radius 1 is 1.23 bits per heavy atom. The molecule has 0 spiro atoms. The molecule has 4 aliphatic rings. The Morgan fingerprint density at radius 2 is 2.03 bits per heavy atom. The van der Waals surface area contributed by atoms with Crippen molar-refractivity contribution in [2.75, 3.05) is 37.6 Å². The van der Waals surface area contributed by atoms with Crippen molar-refractivity contribution >= 4 is 11.7 Å². The van der Waals surface area contributed by atoms with Crippen LogP contribution in [0.1, 0.15) is 44.6 Å². The van der Waals surface area contributed by atoms with Crippen molar-refractivity contribution in [2.45, 2.75) is 52.1 Å². The highest BCUT2D eigenvalue weighted by molar-refractivity contribution is 5.75. The van der Waals surface area contributed by atoms with Crippen LogP contribution in [0.4, 0.5) is 5.69 Å². The number of nitrogens with zero attached hydrogens (tertiary/aromatic N) is 2. The molecule has 0 aromatic heterocycles. The fraction of sp³-hybridized carbons (Fsp3) is 0.654. The summed E-state index contributed by atoms with van der Waals surface area (Å²) in [6, 6.07) is 8.77. The summed E-state index contributed by atoms with van der Waals surface area (Å²) in [4.78, 5) is 17.8. The molecule has 1 aromatic rings. The van der Waals surface area contributed by atoms with Gasteiger partial charge in [-0.15, -0.1) is 0 Å². The molecule has 1 aromatic carbocycles. The molecule has 0 N–H and O–H groups in total. The van der Waals surface area contributed by atoms with Crippen LogP contribution in [0.15, 0.2) is 36.4 Å². The molecule has 0 amide bonds. The summed E-state index contributed by atoms with van der Waals surface area (Å²) in [5.74, 6) is 1.04. The molecular weight excluding hydrogens is 372 g/mol. The second kappa shape index (κ2) is 7.71. The maximum Gasteiger partial charge on any atom is 0.310 e. The van der Waals surface area contributed by atoms with Crippen LogP contribution >= 0.6 is 0 Å². The first kappa shape index (κ1) is 20.1. The van der Waals surface area contributed by atoms with E-state index in [2.05, 4.69) is 54.5 Å². The van der Waals surface area contributed by atoms with Gasteiger partial charge < -0.3 is 9.64 Å². The van der Waals surface area contributed by atoms with Crippen molar-refractivity contribution in [2.24, 2.45) is 23.2 Å². The number of benzene rings is 1. The molecule has 4 heteroatoms. The van der Waals surface area contributed by atoms with E-state index < -0.39 is 0 Å². The van der Waals surface area contributed by atoms with Crippen LogP contribution in [-0.2, 0) is 9.53 Å². The van der Waals surface area contributed by atoms with Gasteiger partial charge in [-0.05, 0) is 68.1 Å². The normalized spacial score (nSPS) is 36.9. The molecule has 5 rings (SSSR count). The highest BCUT2D eigenvalue weighted by atomic mass is 16.6. The summed E-state index contributed by atoms with van der Waals surface area (Å²) in [7, 11) is 0. The first-order valence-electron chi connectivity index (χ1n) is 11.8. The van der Waals surface area contributed by atoms with Gasteiger partial charge in [-0.25, -0.2) is 0 Å². The number of hydrogen-bond donors (Lipinski definition) is 0. The zero-order valence-corrected chi connectivity index (χ0v) is 18.6. The van der Waals surface area contributed by atoms with Crippen LogP contribution in [0.25, 0.3) is 0 Å². The minimum absolute atomic E-state index is 0.0415. The minimum Gasteiger partial charge on any atom is -0.462 e. The first-order chi connectivity index (χ1) is 14.4. The predicted molar refractivity (Wildman–Crippen MR) is 121 cm³/mol. The van der Waals surface area contributed by atoms with Crippen LogP contribution in [-0.4, -0.2) is 49.7 Å². The van der Waals surface area contributed by atoms with E-state index >= 15 is 0 Å². The molecule has 2 aliphatic carbocycles. The molecule has 2 saturated heterocycles. The maximum atomic E-state index is 12.8. The lowest BCUT2D eigenvalue weighted by Crippen LogP contribution is -2.50. The molecule has 0 radical (unpaired) electrons. The summed E-state index contributed by atoms with van der Waals surface area (Å²) in [5.41, 5.74) is 4.33. The maximum absolute atomic E-state index is 12.8. The number of allylic oxidation sites excluding steroid dienone is 1. The molecule has 2 heterocycles. The third-order valence-electron chi connectivity index (χ3n) is 8.51. The molecular formula is C26H36N2O2. The Hall–Kier alpha value is -1.81. The second-order valence-electron chi connectivity index (χ2n) is 10.5. The summed E-state index contributed by atoms with van der Waals surface area (Å²) in [6.07, 6.45) is 5.92. The van der Waals surface area contributed by atoms with E-state index in [-0.39, 0.29) is 23.4 Å². The largest absolute Gasteiger partial charge is 0.462 e. The molecule has 2 aliphatic heterocycles. The molecule has 2 saturated carbocycles. The number of esters is 1. The molecule has 0 bridgehead atoms. The number of rotatable bonds is 3. The van der Waals surface area contributed by atoms with Crippen molar-refractivity contribution in [3.63, 3.8) is 0 Å². The second-order valence-corrected chi connectivity index (χ2v) is 10.5. The molecule has 4 fully saturated rings. The number of ether oxygens (including phenoxy) is 1. The molecule has 4 nitrogen and oxygen atoms in total. The van der Waals surface area contributed by atoms with Crippen LogP contribution in [0.5, 0.6) is 0 Å². The number of carbonyl (C=O) groups is 1. The minimum atomic E-state index is 0.0415. The van der Waals surface area contributed by atoms with Crippen LogP contribution in [0, 0.1) is 30.1 Å². The highest BCUT2D eigenvalue weighted by Crippen LogP contribution is 2.56. The molecule has 5 atom stereocenters. The summed E-state index contributed by atoms with van der Waals surface area (Å²) >= 11 is 0. The summed E-state index contributed by atoms with van der Waals surface area (Å²) in [5, 5.41) is 0. The van der Waals surface area contributed by atoms with E-state index in [1.54, 1.807) is 0 Å². The van der Waals surface area contributed by atoms with Gasteiger partial charge in [0.1, 0.15) is 6.10 Å². The van der Waals surface area contributed by atoms with Crippen LogP contribution < -0.4 is 4.90 Å². The third kappa shape index (κ3) is 3.57. The SMILES string of the molecule is C=C1CCC[C@]2(C)C[C@H]3OC(=O)[C@@H](CN4CCN(c5cccc(C)c5)CC4)[C@@H]3C[C@H]12. The smallest absolute Gasteiger partial charge is 0.310 e. The average Bonchev–Trinajstić information content (AvgIpc) is 3.01. The number of anilines is 1. The Kier molecular flexibility index (Phi) is 5.17. The van der Waals surface area contributed by atoms with Gasteiger partial charge in [-0.3, -0.25) is 9.69 Å². The Morgan fingerprint density at radius 3 is 2.80 bits per heavy atom. The Labute approximate surface area is 181 Å². The third-order valence-corrected chi connectivity index (χ3v) is 8.51. The van der Waals surface area contributed by atoms with Gasteiger partial charge in [0, 0.05) is 44.3 Å². The van der Waals surface area contributed by atoms with Gasteiger partial charge in [-0.2, -0.15) is 0 Å². The van der Waals surface area contributed by atoms with Gasteiger partial charge in [0.2, 0.25) is 0 Å². The standard InChI is InChI=1S/C26H36N2O2/c1-18-6-4-8-20(14-18)28-12-10-27(11-13-28)17-22-21-15-23-19(2)7-5-9-26(23,3)16-24(21)30-25(22)29/h4,6,8,14,21-24H,2,5,7,9-13,15-17H2,1,3H3/t21-,22-,23+,24+,26+/m0/s1. The topological polar surface area (TPSA) is 32.8 Å². The Balaban J connectivity index is 1.23. The van der Waals surface area contributed by atoms with Gasteiger partial charge in [0.15, 0.2) is 0 Å². The van der Waals surface area contributed by atoms with Crippen molar-refractivity contribution < 1.29 is 9.53 Å².